The number of hydrogen-bond acceptors (Lipinski definition) is 9. The average molecular weight is 294 g/mol. The van der Waals surface area contributed by atoms with Gasteiger partial charge in [-0.2, -0.15) is 15.5 Å². The van der Waals surface area contributed by atoms with Gasteiger partial charge < -0.3 is 9.47 Å². The number of aliphatic imine (C=N–C) groups is 1. The summed E-state index contributed by atoms with van der Waals surface area (Å²) in [5.74, 6) is 0. The van der Waals surface area contributed by atoms with Gasteiger partial charge in [-0.15, -0.1) is 0 Å². The van der Waals surface area contributed by atoms with Crippen LogP contribution in [0.5, 0.6) is 0 Å². The molecule has 0 saturated carbocycles. The Morgan fingerprint density at radius 1 is 0.905 bits per heavy atom. The van der Waals surface area contributed by atoms with Crippen LogP contribution in [0.1, 0.15) is 0 Å². The standard InChI is InChI=1S/C9H6N6O6/c10-1-20-5-14-7(17)13(3-12-4-16)8(18)15(9(14)19)6-21-2-11/h3,5-6H2. The van der Waals surface area contributed by atoms with E-state index in [1.165, 1.54) is 12.5 Å². The highest BCUT2D eigenvalue weighted by atomic mass is 16.5. The molecule has 1 rings (SSSR count). The molecule has 0 saturated heterocycles. The van der Waals surface area contributed by atoms with Crippen LogP contribution in [0.25, 0.3) is 0 Å². The van der Waals surface area contributed by atoms with E-state index in [4.69, 9.17) is 10.5 Å². The molecule has 0 unspecified atom stereocenters. The van der Waals surface area contributed by atoms with E-state index < -0.39 is 37.2 Å². The fourth-order valence-corrected chi connectivity index (χ4v) is 1.31. The zero-order valence-corrected chi connectivity index (χ0v) is 10.3. The second-order valence-electron chi connectivity index (χ2n) is 3.25. The predicted octanol–water partition coefficient (Wildman–Crippen LogP) is -2.62. The summed E-state index contributed by atoms with van der Waals surface area (Å²) in [6.45, 7) is -2.21. The van der Waals surface area contributed by atoms with Crippen LogP contribution in [-0.4, -0.2) is 19.8 Å². The molecule has 0 atom stereocenters. The van der Waals surface area contributed by atoms with Crippen LogP contribution < -0.4 is 17.1 Å². The normalized spacial score (nSPS) is 9.05. The summed E-state index contributed by atoms with van der Waals surface area (Å²) in [7, 11) is 0. The summed E-state index contributed by atoms with van der Waals surface area (Å²) in [6.07, 6.45) is 3.61. The van der Waals surface area contributed by atoms with Gasteiger partial charge in [0, 0.05) is 0 Å². The molecular formula is C9H6N6O6. The van der Waals surface area contributed by atoms with E-state index in [0.29, 0.717) is 13.7 Å². The Labute approximate surface area is 114 Å². The van der Waals surface area contributed by atoms with Gasteiger partial charge in [0.05, 0.1) is 0 Å². The van der Waals surface area contributed by atoms with E-state index in [-0.39, 0.29) is 0 Å². The largest absolute Gasteiger partial charge is 0.405 e. The van der Waals surface area contributed by atoms with Crippen molar-refractivity contribution >= 4 is 6.08 Å². The van der Waals surface area contributed by atoms with Crippen molar-refractivity contribution in [3.05, 3.63) is 31.5 Å². The van der Waals surface area contributed by atoms with E-state index in [1.54, 1.807) is 0 Å². The van der Waals surface area contributed by atoms with Crippen molar-refractivity contribution in [3.63, 3.8) is 0 Å². The summed E-state index contributed by atoms with van der Waals surface area (Å²) in [5, 5.41) is 16.6. The molecule has 0 aliphatic carbocycles. The summed E-state index contributed by atoms with van der Waals surface area (Å²) in [5.41, 5.74) is -3.44. The zero-order valence-electron chi connectivity index (χ0n) is 10.3. The Morgan fingerprint density at radius 3 is 1.71 bits per heavy atom. The van der Waals surface area contributed by atoms with Gasteiger partial charge in [0.15, 0.2) is 13.5 Å². The molecule has 12 heteroatoms. The first-order chi connectivity index (χ1) is 10.1. The highest BCUT2D eigenvalue weighted by molar-refractivity contribution is 5.32. The minimum atomic E-state index is -1.15. The van der Waals surface area contributed by atoms with Crippen LogP contribution in [0.3, 0.4) is 0 Å². The van der Waals surface area contributed by atoms with Crippen molar-refractivity contribution < 1.29 is 14.3 Å². The number of ether oxygens (including phenoxy) is 2. The third-order valence-corrected chi connectivity index (χ3v) is 2.18. The number of nitrogens with zero attached hydrogens (tertiary/aromatic N) is 6. The molecule has 0 aliphatic rings. The second-order valence-corrected chi connectivity index (χ2v) is 3.25. The van der Waals surface area contributed by atoms with Crippen molar-refractivity contribution in [3.8, 4) is 12.5 Å². The summed E-state index contributed by atoms with van der Waals surface area (Å²) in [4.78, 5) is 48.7. The molecule has 1 aromatic heterocycles. The maximum Gasteiger partial charge on any atom is 0.342 e. The third-order valence-electron chi connectivity index (χ3n) is 2.18. The SMILES string of the molecule is N#COCn1c(=O)n(CN=C=O)c(=O)n(COC#N)c1=O. The van der Waals surface area contributed by atoms with Gasteiger partial charge in [0.1, 0.15) is 6.67 Å². The predicted molar refractivity (Wildman–Crippen MR) is 60.7 cm³/mol. The smallest absolute Gasteiger partial charge is 0.342 e. The Kier molecular flexibility index (Phi) is 5.20. The number of carbonyl (C=O) groups excluding carboxylic acids is 1. The quantitative estimate of drug-likeness (QED) is 0.312. The van der Waals surface area contributed by atoms with Crippen molar-refractivity contribution in [2.75, 3.05) is 0 Å². The Morgan fingerprint density at radius 2 is 1.33 bits per heavy atom. The first-order valence-electron chi connectivity index (χ1n) is 5.08. The van der Waals surface area contributed by atoms with Crippen LogP contribution in [0.4, 0.5) is 0 Å². The summed E-state index contributed by atoms with van der Waals surface area (Å²) >= 11 is 0. The van der Waals surface area contributed by atoms with Gasteiger partial charge in [-0.3, -0.25) is 0 Å². The maximum atomic E-state index is 11.9. The van der Waals surface area contributed by atoms with Crippen molar-refractivity contribution in [1.29, 1.82) is 10.5 Å². The lowest BCUT2D eigenvalue weighted by Gasteiger charge is -2.10. The highest BCUT2D eigenvalue weighted by Gasteiger charge is 2.15. The van der Waals surface area contributed by atoms with E-state index >= 15 is 0 Å². The second kappa shape index (κ2) is 7.08. The van der Waals surface area contributed by atoms with Gasteiger partial charge in [-0.25, -0.2) is 32.9 Å². The third kappa shape index (κ3) is 3.23. The van der Waals surface area contributed by atoms with Crippen LogP contribution in [0.15, 0.2) is 19.4 Å². The number of nitriles is 2. The molecule has 0 bridgehead atoms. The molecule has 1 heterocycles. The first kappa shape index (κ1) is 15.4. The minimum Gasteiger partial charge on any atom is -0.405 e. The number of isocyanates is 1. The Bertz CT molecular complexity index is 770. The van der Waals surface area contributed by atoms with Crippen molar-refractivity contribution in [1.82, 2.24) is 13.7 Å². The molecule has 108 valence electrons. The summed E-state index contributed by atoms with van der Waals surface area (Å²) in [6, 6.07) is 0. The summed E-state index contributed by atoms with van der Waals surface area (Å²) < 4.78 is 9.73. The molecule has 1 aromatic rings. The fraction of sp³-hybridized carbons (Fsp3) is 0.333. The van der Waals surface area contributed by atoms with E-state index in [1.807, 2.05) is 0 Å². The lowest BCUT2D eigenvalue weighted by Crippen LogP contribution is -2.54. The fourth-order valence-electron chi connectivity index (χ4n) is 1.31. The molecule has 0 aromatic carbocycles. The van der Waals surface area contributed by atoms with Crippen LogP contribution in [0, 0.1) is 23.0 Å². The number of aromatic nitrogens is 3. The van der Waals surface area contributed by atoms with Gasteiger partial charge >= 0.3 is 17.1 Å². The maximum absolute atomic E-state index is 11.9. The molecule has 0 N–H and O–H groups in total. The average Bonchev–Trinajstić information content (AvgIpc) is 2.47. The zero-order chi connectivity index (χ0) is 15.8. The molecule has 0 aliphatic heterocycles. The van der Waals surface area contributed by atoms with Gasteiger partial charge in [0.2, 0.25) is 6.08 Å². The minimum absolute atomic E-state index is 0.395. The first-order valence-corrected chi connectivity index (χ1v) is 5.08. The lowest BCUT2D eigenvalue weighted by atomic mass is 10.7. The Balaban J connectivity index is 3.58. The van der Waals surface area contributed by atoms with E-state index in [0.717, 1.165) is 6.08 Å². The molecule has 0 amide bonds. The highest BCUT2D eigenvalue weighted by Crippen LogP contribution is 1.80. The van der Waals surface area contributed by atoms with Crippen LogP contribution >= 0.6 is 0 Å². The van der Waals surface area contributed by atoms with Gasteiger partial charge in [0.25, 0.3) is 12.5 Å². The van der Waals surface area contributed by atoms with E-state index in [2.05, 4.69) is 14.5 Å². The molecule has 0 spiro atoms. The monoisotopic (exact) mass is 294 g/mol. The van der Waals surface area contributed by atoms with E-state index in [9.17, 15) is 19.2 Å². The van der Waals surface area contributed by atoms with Crippen molar-refractivity contribution in [2.45, 2.75) is 20.1 Å². The lowest BCUT2D eigenvalue weighted by molar-refractivity contribution is 0.149. The molecule has 21 heavy (non-hydrogen) atoms. The van der Waals surface area contributed by atoms with Crippen LogP contribution in [0.2, 0.25) is 0 Å². The van der Waals surface area contributed by atoms with Crippen molar-refractivity contribution in [2.24, 2.45) is 4.99 Å². The molecule has 12 nitrogen and oxygen atoms in total. The number of rotatable bonds is 6. The molecular weight excluding hydrogens is 288 g/mol. The Hall–Kier alpha value is -3.63. The van der Waals surface area contributed by atoms with Gasteiger partial charge in [-0.05, 0) is 0 Å². The topological polar surface area (TPSA) is 161 Å². The number of hydrogen-bond donors (Lipinski definition) is 0. The van der Waals surface area contributed by atoms with Crippen LogP contribution in [-0.2, 0) is 34.4 Å². The molecule has 0 fully saturated rings. The molecule has 0 radical (unpaired) electrons. The van der Waals surface area contributed by atoms with Gasteiger partial charge in [-0.1, -0.05) is 0 Å².